The minimum Gasteiger partial charge on any atom is -0.496 e. The van der Waals surface area contributed by atoms with Crippen molar-refractivity contribution in [3.8, 4) is 5.75 Å². The second-order valence-corrected chi connectivity index (χ2v) is 5.45. The van der Waals surface area contributed by atoms with Crippen LogP contribution in [0.4, 0.5) is 10.5 Å². The van der Waals surface area contributed by atoms with Crippen LogP contribution in [0, 0.1) is 0 Å². The lowest BCUT2D eigenvalue weighted by Crippen LogP contribution is -2.34. The molecule has 0 saturated heterocycles. The molecule has 1 atom stereocenters. The molecule has 5 nitrogen and oxygen atoms in total. The van der Waals surface area contributed by atoms with Crippen molar-refractivity contribution in [2.24, 2.45) is 0 Å². The quantitative estimate of drug-likeness (QED) is 0.761. The van der Waals surface area contributed by atoms with Gasteiger partial charge in [0.05, 0.1) is 24.2 Å². The summed E-state index contributed by atoms with van der Waals surface area (Å²) in [5.41, 5.74) is 1.46. The molecule has 0 aliphatic rings. The lowest BCUT2D eigenvalue weighted by Gasteiger charge is -2.17. The Morgan fingerprint density at radius 3 is 2.59 bits per heavy atom. The van der Waals surface area contributed by atoms with Crippen molar-refractivity contribution >= 4 is 27.6 Å². The Morgan fingerprint density at radius 2 is 2.00 bits per heavy atom. The number of halogens is 1. The summed E-state index contributed by atoms with van der Waals surface area (Å²) in [6.45, 7) is -0.177. The number of benzene rings is 2. The van der Waals surface area contributed by atoms with Gasteiger partial charge in [0.25, 0.3) is 0 Å². The zero-order valence-electron chi connectivity index (χ0n) is 12.0. The smallest absolute Gasteiger partial charge is 0.319 e. The van der Waals surface area contributed by atoms with E-state index < -0.39 is 6.04 Å². The van der Waals surface area contributed by atoms with Gasteiger partial charge in [-0.25, -0.2) is 4.79 Å². The van der Waals surface area contributed by atoms with Gasteiger partial charge in [-0.15, -0.1) is 0 Å². The standard InChI is InChI=1S/C16H17BrN2O3/c1-22-15-8-7-12(9-13(15)17)18-16(21)19-14(10-20)11-5-3-2-4-6-11/h2-9,14,20H,10H2,1H3,(H2,18,19,21)/t14-/m0/s1. The fourth-order valence-electron chi connectivity index (χ4n) is 1.99. The minimum atomic E-state index is -0.456. The molecule has 0 radical (unpaired) electrons. The maximum atomic E-state index is 12.0. The molecule has 3 N–H and O–H groups in total. The lowest BCUT2D eigenvalue weighted by atomic mass is 10.1. The number of hydrogen-bond donors (Lipinski definition) is 3. The summed E-state index contributed by atoms with van der Waals surface area (Å²) in [6.07, 6.45) is 0. The molecule has 0 unspecified atom stereocenters. The van der Waals surface area contributed by atoms with Crippen molar-refractivity contribution in [3.05, 3.63) is 58.6 Å². The van der Waals surface area contributed by atoms with E-state index in [1.54, 1.807) is 25.3 Å². The number of hydrogen-bond acceptors (Lipinski definition) is 3. The maximum absolute atomic E-state index is 12.0. The van der Waals surface area contributed by atoms with Crippen LogP contribution in [0.15, 0.2) is 53.0 Å². The fraction of sp³-hybridized carbons (Fsp3) is 0.188. The number of urea groups is 1. The number of methoxy groups -OCH3 is 1. The van der Waals surface area contributed by atoms with Crippen molar-refractivity contribution in [3.63, 3.8) is 0 Å². The highest BCUT2D eigenvalue weighted by Crippen LogP contribution is 2.27. The highest BCUT2D eigenvalue weighted by Gasteiger charge is 2.13. The van der Waals surface area contributed by atoms with Gasteiger partial charge in [0, 0.05) is 5.69 Å². The summed E-state index contributed by atoms with van der Waals surface area (Å²) in [7, 11) is 1.58. The summed E-state index contributed by atoms with van der Waals surface area (Å²) >= 11 is 3.36. The topological polar surface area (TPSA) is 70.6 Å². The van der Waals surface area contributed by atoms with Crippen LogP contribution in [0.2, 0.25) is 0 Å². The monoisotopic (exact) mass is 364 g/mol. The van der Waals surface area contributed by atoms with Crippen molar-refractivity contribution in [2.75, 3.05) is 19.0 Å². The third kappa shape index (κ3) is 4.22. The van der Waals surface area contributed by atoms with E-state index in [1.807, 2.05) is 30.3 Å². The van der Waals surface area contributed by atoms with Crippen LogP contribution in [0.1, 0.15) is 11.6 Å². The Balaban J connectivity index is 2.01. The number of ether oxygens (including phenoxy) is 1. The Bertz CT molecular complexity index is 635. The lowest BCUT2D eigenvalue weighted by molar-refractivity contribution is 0.225. The largest absolute Gasteiger partial charge is 0.496 e. The fourth-order valence-corrected chi connectivity index (χ4v) is 2.53. The van der Waals surface area contributed by atoms with Gasteiger partial charge in [-0.3, -0.25) is 0 Å². The zero-order chi connectivity index (χ0) is 15.9. The minimum absolute atomic E-state index is 0.177. The van der Waals surface area contributed by atoms with E-state index in [4.69, 9.17) is 4.74 Å². The Hall–Kier alpha value is -2.05. The molecular formula is C16H17BrN2O3. The molecule has 0 aliphatic heterocycles. The van der Waals surface area contributed by atoms with Crippen LogP contribution in [0.25, 0.3) is 0 Å². The van der Waals surface area contributed by atoms with Gasteiger partial charge in [0.1, 0.15) is 5.75 Å². The molecule has 0 bridgehead atoms. The number of anilines is 1. The molecule has 0 spiro atoms. The molecule has 2 amide bonds. The van der Waals surface area contributed by atoms with Crippen LogP contribution in [-0.4, -0.2) is 24.9 Å². The average molecular weight is 365 g/mol. The van der Waals surface area contributed by atoms with Crippen molar-refractivity contribution in [1.29, 1.82) is 0 Å². The van der Waals surface area contributed by atoms with Gasteiger partial charge in [-0.2, -0.15) is 0 Å². The van der Waals surface area contributed by atoms with Crippen LogP contribution >= 0.6 is 15.9 Å². The SMILES string of the molecule is COc1ccc(NC(=O)N[C@@H](CO)c2ccccc2)cc1Br. The van der Waals surface area contributed by atoms with Crippen LogP contribution in [-0.2, 0) is 0 Å². The summed E-state index contributed by atoms with van der Waals surface area (Å²) in [5.74, 6) is 0.684. The molecule has 22 heavy (non-hydrogen) atoms. The van der Waals surface area contributed by atoms with E-state index >= 15 is 0 Å². The number of nitrogens with one attached hydrogen (secondary N) is 2. The van der Waals surface area contributed by atoms with Crippen molar-refractivity contribution < 1.29 is 14.6 Å². The first-order valence-corrected chi connectivity index (χ1v) is 7.50. The predicted molar refractivity (Wildman–Crippen MR) is 89.1 cm³/mol. The number of aliphatic hydroxyl groups excluding tert-OH is 1. The zero-order valence-corrected chi connectivity index (χ0v) is 13.6. The number of carbonyl (C=O) groups excluding carboxylic acids is 1. The molecule has 0 saturated carbocycles. The van der Waals surface area contributed by atoms with Gasteiger partial charge in [-0.05, 0) is 39.7 Å². The summed E-state index contributed by atoms with van der Waals surface area (Å²) in [6, 6.07) is 13.7. The van der Waals surface area contributed by atoms with E-state index in [0.29, 0.717) is 11.4 Å². The molecule has 0 heterocycles. The molecule has 2 rings (SSSR count). The van der Waals surface area contributed by atoms with Crippen LogP contribution in [0.5, 0.6) is 5.75 Å². The molecule has 0 aromatic heterocycles. The molecule has 0 aliphatic carbocycles. The summed E-state index contributed by atoms with van der Waals surface area (Å²) in [4.78, 5) is 12.0. The third-order valence-electron chi connectivity index (χ3n) is 3.10. The Labute approximate surface area is 137 Å². The Kier molecular flexibility index (Phi) is 5.80. The normalized spacial score (nSPS) is 11.6. The van der Waals surface area contributed by atoms with E-state index in [1.165, 1.54) is 0 Å². The third-order valence-corrected chi connectivity index (χ3v) is 3.72. The van der Waals surface area contributed by atoms with E-state index in [-0.39, 0.29) is 12.6 Å². The highest BCUT2D eigenvalue weighted by molar-refractivity contribution is 9.10. The van der Waals surface area contributed by atoms with Gasteiger partial charge in [-0.1, -0.05) is 30.3 Å². The highest BCUT2D eigenvalue weighted by atomic mass is 79.9. The second kappa shape index (κ2) is 7.82. The number of carbonyl (C=O) groups is 1. The predicted octanol–water partition coefficient (Wildman–Crippen LogP) is 3.31. The van der Waals surface area contributed by atoms with Crippen LogP contribution < -0.4 is 15.4 Å². The number of amides is 2. The molecule has 2 aromatic rings. The molecular weight excluding hydrogens is 348 g/mol. The van der Waals surface area contributed by atoms with E-state index in [2.05, 4.69) is 26.6 Å². The molecule has 2 aromatic carbocycles. The van der Waals surface area contributed by atoms with Gasteiger partial charge >= 0.3 is 6.03 Å². The molecule has 116 valence electrons. The van der Waals surface area contributed by atoms with E-state index in [0.717, 1.165) is 10.0 Å². The van der Waals surface area contributed by atoms with Gasteiger partial charge in [0.2, 0.25) is 0 Å². The second-order valence-electron chi connectivity index (χ2n) is 4.59. The summed E-state index contributed by atoms with van der Waals surface area (Å²) in [5, 5.41) is 14.9. The molecule has 6 heteroatoms. The maximum Gasteiger partial charge on any atom is 0.319 e. The van der Waals surface area contributed by atoms with Gasteiger partial charge in [0.15, 0.2) is 0 Å². The Morgan fingerprint density at radius 1 is 1.27 bits per heavy atom. The molecule has 0 fully saturated rings. The van der Waals surface area contributed by atoms with E-state index in [9.17, 15) is 9.90 Å². The average Bonchev–Trinajstić information content (AvgIpc) is 2.53. The number of aliphatic hydroxyl groups is 1. The first kappa shape index (κ1) is 16.3. The first-order chi connectivity index (χ1) is 10.6. The number of rotatable bonds is 5. The van der Waals surface area contributed by atoms with Gasteiger partial charge < -0.3 is 20.5 Å². The van der Waals surface area contributed by atoms with Crippen LogP contribution in [0.3, 0.4) is 0 Å². The summed E-state index contributed by atoms with van der Waals surface area (Å²) < 4.78 is 5.88. The van der Waals surface area contributed by atoms with Crippen molar-refractivity contribution in [2.45, 2.75) is 6.04 Å². The van der Waals surface area contributed by atoms with Crippen molar-refractivity contribution in [1.82, 2.24) is 5.32 Å². The first-order valence-electron chi connectivity index (χ1n) is 6.71.